The molecule has 28 heavy (non-hydrogen) atoms. The largest absolute Gasteiger partial charge is 0.351 e. The van der Waals surface area contributed by atoms with E-state index in [1.807, 2.05) is 6.07 Å². The summed E-state index contributed by atoms with van der Waals surface area (Å²) in [6, 6.07) is 16.6. The van der Waals surface area contributed by atoms with Gasteiger partial charge in [-0.15, -0.1) is 0 Å². The third-order valence-electron chi connectivity index (χ3n) is 4.84. The van der Waals surface area contributed by atoms with Crippen LogP contribution in [0.15, 0.2) is 54.6 Å². The summed E-state index contributed by atoms with van der Waals surface area (Å²) >= 11 is 0. The van der Waals surface area contributed by atoms with Crippen molar-refractivity contribution in [2.45, 2.75) is 6.54 Å². The van der Waals surface area contributed by atoms with Gasteiger partial charge in [0.25, 0.3) is 5.91 Å². The van der Waals surface area contributed by atoms with Crippen molar-refractivity contribution in [3.8, 4) is 0 Å². The molecule has 0 aromatic heterocycles. The molecule has 0 saturated carbocycles. The predicted molar refractivity (Wildman–Crippen MR) is 110 cm³/mol. The van der Waals surface area contributed by atoms with Crippen LogP contribution in [0, 0.1) is 0 Å². The topological polar surface area (TPSA) is 90.7 Å². The number of hydrogen-bond donors (Lipinski definition) is 3. The van der Waals surface area contributed by atoms with Crippen LogP contribution < -0.4 is 16.4 Å². The van der Waals surface area contributed by atoms with Crippen LogP contribution >= 0.6 is 0 Å². The van der Waals surface area contributed by atoms with Crippen molar-refractivity contribution in [3.63, 3.8) is 0 Å². The number of rotatable bonds is 7. The Bertz CT molecular complexity index is 771. The van der Waals surface area contributed by atoms with Gasteiger partial charge in [0.15, 0.2) is 0 Å². The third kappa shape index (κ3) is 6.07. The molecule has 1 aliphatic rings. The molecule has 4 N–H and O–H groups in total. The van der Waals surface area contributed by atoms with Gasteiger partial charge in [0.1, 0.15) is 0 Å². The van der Waals surface area contributed by atoms with E-state index in [1.165, 1.54) is 5.56 Å². The van der Waals surface area contributed by atoms with Gasteiger partial charge in [-0.25, -0.2) is 4.79 Å². The molecule has 0 unspecified atom stereocenters. The molecular formula is C21H27N5O2. The maximum absolute atomic E-state index is 12.2. The molecule has 1 fully saturated rings. The van der Waals surface area contributed by atoms with Gasteiger partial charge in [-0.1, -0.05) is 30.3 Å². The Morgan fingerprint density at radius 3 is 2.18 bits per heavy atom. The van der Waals surface area contributed by atoms with Crippen molar-refractivity contribution in [1.82, 2.24) is 15.1 Å². The smallest absolute Gasteiger partial charge is 0.316 e. The molecule has 1 heterocycles. The second-order valence-electron chi connectivity index (χ2n) is 6.93. The van der Waals surface area contributed by atoms with E-state index >= 15 is 0 Å². The number of nitrogens with one attached hydrogen (secondary N) is 2. The van der Waals surface area contributed by atoms with Gasteiger partial charge >= 0.3 is 6.03 Å². The highest BCUT2D eigenvalue weighted by Crippen LogP contribution is 2.10. The van der Waals surface area contributed by atoms with Crippen LogP contribution in [0.1, 0.15) is 15.9 Å². The van der Waals surface area contributed by atoms with E-state index in [-0.39, 0.29) is 5.91 Å². The summed E-state index contributed by atoms with van der Waals surface area (Å²) < 4.78 is 0. The minimum absolute atomic E-state index is 0.117. The summed E-state index contributed by atoms with van der Waals surface area (Å²) in [5.41, 5.74) is 7.54. The quantitative estimate of drug-likeness (QED) is 0.681. The summed E-state index contributed by atoms with van der Waals surface area (Å²) in [4.78, 5) is 27.9. The number of urea groups is 1. The fourth-order valence-corrected chi connectivity index (χ4v) is 3.29. The third-order valence-corrected chi connectivity index (χ3v) is 4.84. The molecule has 7 nitrogen and oxygen atoms in total. The summed E-state index contributed by atoms with van der Waals surface area (Å²) in [5.74, 6) is -0.117. The summed E-state index contributed by atoms with van der Waals surface area (Å²) in [7, 11) is 0. The summed E-state index contributed by atoms with van der Waals surface area (Å²) in [6.07, 6.45) is 0. The Morgan fingerprint density at radius 2 is 1.54 bits per heavy atom. The van der Waals surface area contributed by atoms with E-state index < -0.39 is 6.03 Å². The molecule has 0 spiro atoms. The number of hydrogen-bond acceptors (Lipinski definition) is 4. The molecule has 0 atom stereocenters. The number of piperazine rings is 1. The van der Waals surface area contributed by atoms with Crippen molar-refractivity contribution in [2.24, 2.45) is 5.73 Å². The van der Waals surface area contributed by atoms with Crippen LogP contribution in [0.2, 0.25) is 0 Å². The first-order chi connectivity index (χ1) is 13.6. The molecule has 0 radical (unpaired) electrons. The zero-order chi connectivity index (χ0) is 19.8. The molecule has 148 valence electrons. The summed E-state index contributed by atoms with van der Waals surface area (Å²) in [5, 5.41) is 5.42. The molecule has 2 aromatic carbocycles. The average molecular weight is 381 g/mol. The van der Waals surface area contributed by atoms with E-state index in [2.05, 4.69) is 44.7 Å². The lowest BCUT2D eigenvalue weighted by Crippen LogP contribution is -2.48. The van der Waals surface area contributed by atoms with Gasteiger partial charge in [-0.3, -0.25) is 14.6 Å². The maximum Gasteiger partial charge on any atom is 0.316 e. The van der Waals surface area contributed by atoms with Crippen molar-refractivity contribution >= 4 is 17.6 Å². The Morgan fingerprint density at radius 1 is 0.893 bits per heavy atom. The monoisotopic (exact) mass is 381 g/mol. The maximum atomic E-state index is 12.2. The SMILES string of the molecule is NC(=O)Nc1ccc(C(=O)NCCN2CCN(Cc3ccccc3)CC2)cc1. The molecule has 3 rings (SSSR count). The highest BCUT2D eigenvalue weighted by Gasteiger charge is 2.16. The minimum Gasteiger partial charge on any atom is -0.351 e. The molecule has 0 bridgehead atoms. The Kier molecular flexibility index (Phi) is 7.00. The van der Waals surface area contributed by atoms with Crippen LogP contribution in [-0.2, 0) is 6.54 Å². The van der Waals surface area contributed by atoms with Gasteiger partial charge in [0.05, 0.1) is 0 Å². The predicted octanol–water partition coefficient (Wildman–Crippen LogP) is 1.72. The van der Waals surface area contributed by atoms with Crippen LogP contribution in [0.5, 0.6) is 0 Å². The van der Waals surface area contributed by atoms with Crippen LogP contribution in [0.3, 0.4) is 0 Å². The zero-order valence-electron chi connectivity index (χ0n) is 15.9. The van der Waals surface area contributed by atoms with Gasteiger partial charge in [-0.05, 0) is 29.8 Å². The lowest BCUT2D eigenvalue weighted by molar-refractivity contribution is 0.0934. The van der Waals surface area contributed by atoms with E-state index in [1.54, 1.807) is 24.3 Å². The molecule has 1 saturated heterocycles. The number of nitrogens with two attached hydrogens (primary N) is 1. The first kappa shape index (κ1) is 19.9. The van der Waals surface area contributed by atoms with Crippen molar-refractivity contribution < 1.29 is 9.59 Å². The number of primary amides is 1. The van der Waals surface area contributed by atoms with Crippen LogP contribution in [0.4, 0.5) is 10.5 Å². The highest BCUT2D eigenvalue weighted by molar-refractivity contribution is 5.95. The Labute approximate surface area is 165 Å². The zero-order valence-corrected chi connectivity index (χ0v) is 15.9. The minimum atomic E-state index is -0.624. The summed E-state index contributed by atoms with van der Waals surface area (Å²) in [6.45, 7) is 6.54. The number of benzene rings is 2. The highest BCUT2D eigenvalue weighted by atomic mass is 16.2. The van der Waals surface area contributed by atoms with E-state index in [4.69, 9.17) is 5.73 Å². The molecule has 0 aliphatic carbocycles. The lowest BCUT2D eigenvalue weighted by atomic mass is 10.2. The Balaban J connectivity index is 1.35. The molecular weight excluding hydrogens is 354 g/mol. The van der Waals surface area contributed by atoms with Crippen molar-refractivity contribution in [1.29, 1.82) is 0 Å². The normalized spacial score (nSPS) is 15.1. The molecule has 3 amide bonds. The molecule has 7 heteroatoms. The lowest BCUT2D eigenvalue weighted by Gasteiger charge is -2.34. The van der Waals surface area contributed by atoms with Crippen molar-refractivity contribution in [3.05, 3.63) is 65.7 Å². The van der Waals surface area contributed by atoms with E-state index in [0.717, 1.165) is 39.3 Å². The fourth-order valence-electron chi connectivity index (χ4n) is 3.29. The molecule has 1 aliphatic heterocycles. The van der Waals surface area contributed by atoms with E-state index in [9.17, 15) is 9.59 Å². The fraction of sp³-hybridized carbons (Fsp3) is 0.333. The average Bonchev–Trinajstić information content (AvgIpc) is 2.70. The standard InChI is InChI=1S/C21H27N5O2/c22-21(28)24-19-8-6-18(7-9-19)20(27)23-10-11-25-12-14-26(15-13-25)16-17-4-2-1-3-5-17/h1-9H,10-16H2,(H,23,27)(H3,22,24,28). The first-order valence-corrected chi connectivity index (χ1v) is 9.53. The van der Waals surface area contributed by atoms with Crippen LogP contribution in [0.25, 0.3) is 0 Å². The number of carbonyl (C=O) groups excluding carboxylic acids is 2. The number of carbonyl (C=O) groups is 2. The van der Waals surface area contributed by atoms with Gasteiger partial charge in [0, 0.05) is 57.1 Å². The Hall–Kier alpha value is -2.90. The number of nitrogens with zero attached hydrogens (tertiary/aromatic N) is 2. The molecule has 2 aromatic rings. The second kappa shape index (κ2) is 9.87. The number of anilines is 1. The van der Waals surface area contributed by atoms with E-state index in [0.29, 0.717) is 17.8 Å². The van der Waals surface area contributed by atoms with Gasteiger partial charge in [-0.2, -0.15) is 0 Å². The van der Waals surface area contributed by atoms with Crippen LogP contribution in [-0.4, -0.2) is 61.0 Å². The number of amides is 3. The van der Waals surface area contributed by atoms with Gasteiger partial charge < -0.3 is 16.4 Å². The van der Waals surface area contributed by atoms with Crippen molar-refractivity contribution in [2.75, 3.05) is 44.6 Å². The first-order valence-electron chi connectivity index (χ1n) is 9.53. The van der Waals surface area contributed by atoms with Gasteiger partial charge in [0.2, 0.25) is 0 Å². The second-order valence-corrected chi connectivity index (χ2v) is 6.93.